The Labute approximate surface area is 101 Å². The van der Waals surface area contributed by atoms with Crippen molar-refractivity contribution in [2.75, 3.05) is 26.8 Å². The number of carboxylic acids is 1. The van der Waals surface area contributed by atoms with Crippen molar-refractivity contribution in [2.45, 2.75) is 25.8 Å². The fourth-order valence-electron chi connectivity index (χ4n) is 1.96. The molecule has 2 amide bonds. The van der Waals surface area contributed by atoms with Crippen LogP contribution in [0.5, 0.6) is 0 Å². The van der Waals surface area contributed by atoms with Crippen molar-refractivity contribution >= 4 is 12.0 Å². The van der Waals surface area contributed by atoms with E-state index in [1.165, 1.54) is 6.92 Å². The van der Waals surface area contributed by atoms with Crippen LogP contribution in [0.25, 0.3) is 0 Å². The minimum Gasteiger partial charge on any atom is -0.480 e. The summed E-state index contributed by atoms with van der Waals surface area (Å²) in [5.41, 5.74) is 0. The first-order valence-electron chi connectivity index (χ1n) is 5.81. The molecule has 98 valence electrons. The van der Waals surface area contributed by atoms with Gasteiger partial charge in [-0.1, -0.05) is 0 Å². The van der Waals surface area contributed by atoms with Crippen molar-refractivity contribution in [1.82, 2.24) is 10.2 Å². The van der Waals surface area contributed by atoms with Gasteiger partial charge in [-0.3, -0.25) is 4.79 Å². The minimum absolute atomic E-state index is 0.305. The van der Waals surface area contributed by atoms with E-state index in [1.54, 1.807) is 12.0 Å². The predicted octanol–water partition coefficient (Wildman–Crippen LogP) is 0.527. The first kappa shape index (κ1) is 13.8. The summed E-state index contributed by atoms with van der Waals surface area (Å²) in [6.07, 6.45) is 1.98. The summed E-state index contributed by atoms with van der Waals surface area (Å²) in [6, 6.07) is -1.16. The summed E-state index contributed by atoms with van der Waals surface area (Å²) in [7, 11) is 1.64. The maximum absolute atomic E-state index is 11.8. The number of nitrogens with zero attached hydrogens (tertiary/aromatic N) is 1. The lowest BCUT2D eigenvalue weighted by molar-refractivity contribution is -0.138. The van der Waals surface area contributed by atoms with Gasteiger partial charge in [0.2, 0.25) is 0 Å². The zero-order chi connectivity index (χ0) is 12.8. The molecule has 6 heteroatoms. The topological polar surface area (TPSA) is 78.9 Å². The van der Waals surface area contributed by atoms with Gasteiger partial charge in [0.05, 0.1) is 6.61 Å². The largest absolute Gasteiger partial charge is 0.480 e. The van der Waals surface area contributed by atoms with Crippen molar-refractivity contribution in [3.63, 3.8) is 0 Å². The Balaban J connectivity index is 2.43. The van der Waals surface area contributed by atoms with Crippen LogP contribution < -0.4 is 5.32 Å². The Kier molecular flexibility index (Phi) is 5.21. The van der Waals surface area contributed by atoms with Gasteiger partial charge in [-0.25, -0.2) is 4.79 Å². The molecule has 0 aliphatic carbocycles. The number of hydrogen-bond donors (Lipinski definition) is 2. The molecule has 2 N–H and O–H groups in total. The number of aliphatic carboxylic acids is 1. The number of carboxylic acid groups (broad SMARTS) is 1. The van der Waals surface area contributed by atoms with Gasteiger partial charge in [-0.2, -0.15) is 0 Å². The number of piperidine rings is 1. The van der Waals surface area contributed by atoms with E-state index in [2.05, 4.69) is 5.32 Å². The van der Waals surface area contributed by atoms with Crippen LogP contribution >= 0.6 is 0 Å². The number of likely N-dealkylation sites (tertiary alicyclic amines) is 1. The summed E-state index contributed by atoms with van der Waals surface area (Å²) in [5.74, 6) is -0.677. The Morgan fingerprint density at radius 1 is 1.59 bits per heavy atom. The molecular weight excluding hydrogens is 224 g/mol. The number of hydrogen-bond acceptors (Lipinski definition) is 3. The van der Waals surface area contributed by atoms with Crippen LogP contribution in [0.3, 0.4) is 0 Å². The quantitative estimate of drug-likeness (QED) is 0.756. The van der Waals surface area contributed by atoms with Crippen molar-refractivity contribution in [2.24, 2.45) is 5.92 Å². The summed E-state index contributed by atoms with van der Waals surface area (Å²) in [5, 5.41) is 11.2. The van der Waals surface area contributed by atoms with E-state index < -0.39 is 12.0 Å². The standard InChI is InChI=1S/C11H20N2O4/c1-8(10(14)15)12-11(16)13-5-3-4-9(6-13)7-17-2/h8-9H,3-7H2,1-2H3,(H,12,16)(H,14,15)/t8-,9?/m0/s1. The molecule has 0 radical (unpaired) electrons. The molecular formula is C11H20N2O4. The molecule has 2 atom stereocenters. The molecule has 17 heavy (non-hydrogen) atoms. The second-order valence-electron chi connectivity index (χ2n) is 4.42. The Bertz CT molecular complexity index is 281. The van der Waals surface area contributed by atoms with Crippen molar-refractivity contribution < 1.29 is 19.4 Å². The molecule has 1 saturated heterocycles. The summed E-state index contributed by atoms with van der Waals surface area (Å²) in [4.78, 5) is 24.1. The first-order valence-corrected chi connectivity index (χ1v) is 5.81. The number of ether oxygens (including phenoxy) is 1. The van der Waals surface area contributed by atoms with Gasteiger partial charge in [0.15, 0.2) is 0 Å². The lowest BCUT2D eigenvalue weighted by atomic mass is 9.99. The second-order valence-corrected chi connectivity index (χ2v) is 4.42. The predicted molar refractivity (Wildman–Crippen MR) is 61.8 cm³/mol. The van der Waals surface area contributed by atoms with Crippen LogP contribution in [-0.4, -0.2) is 54.9 Å². The van der Waals surface area contributed by atoms with Crippen LogP contribution in [0.1, 0.15) is 19.8 Å². The number of methoxy groups -OCH3 is 1. The van der Waals surface area contributed by atoms with Crippen molar-refractivity contribution in [1.29, 1.82) is 0 Å². The van der Waals surface area contributed by atoms with E-state index in [4.69, 9.17) is 9.84 Å². The van der Waals surface area contributed by atoms with Crippen molar-refractivity contribution in [3.8, 4) is 0 Å². The Hall–Kier alpha value is -1.30. The highest BCUT2D eigenvalue weighted by Gasteiger charge is 2.25. The van der Waals surface area contributed by atoms with Gasteiger partial charge in [-0.05, 0) is 19.8 Å². The molecule has 1 rings (SSSR count). The van der Waals surface area contributed by atoms with Gasteiger partial charge in [0.25, 0.3) is 0 Å². The zero-order valence-electron chi connectivity index (χ0n) is 10.3. The maximum Gasteiger partial charge on any atom is 0.325 e. The van der Waals surface area contributed by atoms with E-state index in [9.17, 15) is 9.59 Å². The molecule has 1 aliphatic rings. The minimum atomic E-state index is -1.02. The zero-order valence-corrected chi connectivity index (χ0v) is 10.3. The SMILES string of the molecule is COCC1CCCN(C(=O)N[C@@H](C)C(=O)O)C1. The number of amides is 2. The van der Waals surface area contributed by atoms with Gasteiger partial charge in [0.1, 0.15) is 6.04 Å². The molecule has 1 fully saturated rings. The molecule has 1 aliphatic heterocycles. The molecule has 1 heterocycles. The van der Waals surface area contributed by atoms with Crippen LogP contribution in [0, 0.1) is 5.92 Å². The normalized spacial score (nSPS) is 22.0. The third-order valence-corrected chi connectivity index (χ3v) is 2.92. The van der Waals surface area contributed by atoms with E-state index in [0.717, 1.165) is 12.8 Å². The lowest BCUT2D eigenvalue weighted by Gasteiger charge is -2.32. The highest BCUT2D eigenvalue weighted by atomic mass is 16.5. The molecule has 0 aromatic carbocycles. The molecule has 6 nitrogen and oxygen atoms in total. The smallest absolute Gasteiger partial charge is 0.325 e. The fraction of sp³-hybridized carbons (Fsp3) is 0.818. The van der Waals surface area contributed by atoms with E-state index in [1.807, 2.05) is 0 Å². The Morgan fingerprint density at radius 2 is 2.29 bits per heavy atom. The highest BCUT2D eigenvalue weighted by Crippen LogP contribution is 2.16. The van der Waals surface area contributed by atoms with E-state index in [0.29, 0.717) is 25.6 Å². The molecule has 0 aromatic heterocycles. The average Bonchev–Trinajstić information content (AvgIpc) is 2.29. The van der Waals surface area contributed by atoms with Gasteiger partial charge in [0, 0.05) is 26.1 Å². The lowest BCUT2D eigenvalue weighted by Crippen LogP contribution is -2.50. The summed E-state index contributed by atoms with van der Waals surface area (Å²) in [6.45, 7) is 3.40. The van der Waals surface area contributed by atoms with Gasteiger partial charge in [-0.15, -0.1) is 0 Å². The maximum atomic E-state index is 11.8. The second kappa shape index (κ2) is 6.44. The molecule has 0 spiro atoms. The molecule has 0 aromatic rings. The highest BCUT2D eigenvalue weighted by molar-refractivity contribution is 5.82. The number of rotatable bonds is 4. The third kappa shape index (κ3) is 4.22. The summed E-state index contributed by atoms with van der Waals surface area (Å²) >= 11 is 0. The molecule has 1 unspecified atom stereocenters. The number of carbonyl (C=O) groups excluding carboxylic acids is 1. The third-order valence-electron chi connectivity index (χ3n) is 2.92. The number of carbonyl (C=O) groups is 2. The van der Waals surface area contributed by atoms with E-state index >= 15 is 0 Å². The number of nitrogens with one attached hydrogen (secondary N) is 1. The van der Waals surface area contributed by atoms with Gasteiger partial charge >= 0.3 is 12.0 Å². The van der Waals surface area contributed by atoms with Crippen LogP contribution in [0.15, 0.2) is 0 Å². The summed E-state index contributed by atoms with van der Waals surface area (Å²) < 4.78 is 5.08. The van der Waals surface area contributed by atoms with Gasteiger partial charge < -0.3 is 20.1 Å². The van der Waals surface area contributed by atoms with Crippen LogP contribution in [0.2, 0.25) is 0 Å². The molecule has 0 saturated carbocycles. The van der Waals surface area contributed by atoms with E-state index in [-0.39, 0.29) is 6.03 Å². The van der Waals surface area contributed by atoms with Crippen LogP contribution in [-0.2, 0) is 9.53 Å². The first-order chi connectivity index (χ1) is 8.04. The van der Waals surface area contributed by atoms with Crippen LogP contribution in [0.4, 0.5) is 4.79 Å². The molecule has 0 bridgehead atoms. The fourth-order valence-corrected chi connectivity index (χ4v) is 1.96. The van der Waals surface area contributed by atoms with Crippen molar-refractivity contribution in [3.05, 3.63) is 0 Å². The Morgan fingerprint density at radius 3 is 2.88 bits per heavy atom. The number of urea groups is 1. The monoisotopic (exact) mass is 244 g/mol. The average molecular weight is 244 g/mol.